The minimum Gasteiger partial charge on any atom is -0.403 e. The zero-order chi connectivity index (χ0) is 25.3. The number of nitrogens with one attached hydrogen (secondary N) is 2. The minimum atomic E-state index is -0.209. The van der Waals surface area contributed by atoms with E-state index in [2.05, 4.69) is 54.4 Å². The first-order valence-electron chi connectivity index (χ1n) is 11.2. The zero-order valence-corrected chi connectivity index (χ0v) is 20.6. The van der Waals surface area contributed by atoms with Crippen molar-refractivity contribution in [3.8, 4) is 0 Å². The third kappa shape index (κ3) is 7.62. The van der Waals surface area contributed by atoms with Crippen molar-refractivity contribution in [2.45, 2.75) is 40.3 Å². The molecule has 0 aliphatic rings. The molecule has 0 aromatic heterocycles. The van der Waals surface area contributed by atoms with Crippen LogP contribution in [0.3, 0.4) is 0 Å². The van der Waals surface area contributed by atoms with Gasteiger partial charge in [-0.05, 0) is 67.7 Å². The Morgan fingerprint density at radius 3 is 2.38 bits per heavy atom. The summed E-state index contributed by atoms with van der Waals surface area (Å²) in [6.45, 7) is 20.3. The van der Waals surface area contributed by atoms with E-state index in [4.69, 9.17) is 5.73 Å². The Hall–Kier alpha value is -3.86. The molecule has 1 atom stereocenters. The van der Waals surface area contributed by atoms with Crippen LogP contribution in [0.1, 0.15) is 49.1 Å². The molecule has 2 aromatic rings. The average Bonchev–Trinajstić information content (AvgIpc) is 2.83. The van der Waals surface area contributed by atoms with Gasteiger partial charge in [-0.15, -0.1) is 0 Å². The Morgan fingerprint density at radius 2 is 1.79 bits per heavy atom. The summed E-state index contributed by atoms with van der Waals surface area (Å²) < 4.78 is 13.5. The Morgan fingerprint density at radius 1 is 1.12 bits per heavy atom. The molecule has 4 N–H and O–H groups in total. The number of hydrogen-bond acceptors (Lipinski definition) is 4. The number of hydrogen-bond donors (Lipinski definition) is 3. The van der Waals surface area contributed by atoms with E-state index in [-0.39, 0.29) is 11.9 Å². The monoisotopic (exact) mass is 458 g/mol. The number of nitrogens with zero attached hydrogens (tertiary/aromatic N) is 1. The summed E-state index contributed by atoms with van der Waals surface area (Å²) in [5.41, 5.74) is 13.1. The van der Waals surface area contributed by atoms with Gasteiger partial charge in [0.05, 0.1) is 17.1 Å². The van der Waals surface area contributed by atoms with Gasteiger partial charge < -0.3 is 16.4 Å². The third-order valence-electron chi connectivity index (χ3n) is 5.47. The van der Waals surface area contributed by atoms with Crippen LogP contribution in [0.15, 0.2) is 102 Å². The lowest BCUT2D eigenvalue weighted by Gasteiger charge is -2.19. The second kappa shape index (κ2) is 12.4. The van der Waals surface area contributed by atoms with E-state index < -0.39 is 0 Å². The second-order valence-corrected chi connectivity index (χ2v) is 8.26. The van der Waals surface area contributed by atoms with Gasteiger partial charge in [0.25, 0.3) is 0 Å². The van der Waals surface area contributed by atoms with Crippen LogP contribution >= 0.6 is 0 Å². The van der Waals surface area contributed by atoms with E-state index in [0.717, 1.165) is 28.0 Å². The van der Waals surface area contributed by atoms with E-state index >= 15 is 0 Å². The number of halogens is 1. The minimum absolute atomic E-state index is 0.0236. The molecule has 2 rings (SSSR count). The molecule has 0 fully saturated rings. The van der Waals surface area contributed by atoms with Gasteiger partial charge in [0.2, 0.25) is 0 Å². The zero-order valence-electron chi connectivity index (χ0n) is 20.6. The number of aryl methyl sites for hydroxylation is 1. The highest BCUT2D eigenvalue weighted by molar-refractivity contribution is 6.08. The summed E-state index contributed by atoms with van der Waals surface area (Å²) in [6.07, 6.45) is 5.19. The molecule has 0 radical (unpaired) electrons. The summed E-state index contributed by atoms with van der Waals surface area (Å²) >= 11 is 0. The first-order chi connectivity index (χ1) is 16.1. The highest BCUT2D eigenvalue weighted by atomic mass is 19.1. The van der Waals surface area contributed by atoms with Crippen LogP contribution in [0, 0.1) is 12.7 Å². The van der Waals surface area contributed by atoms with E-state index in [1.807, 2.05) is 44.2 Å². The molecule has 178 valence electrons. The Bertz CT molecular complexity index is 1140. The van der Waals surface area contributed by atoms with Gasteiger partial charge >= 0.3 is 0 Å². The van der Waals surface area contributed by atoms with Crippen LogP contribution in [-0.2, 0) is 6.54 Å². The van der Waals surface area contributed by atoms with Crippen molar-refractivity contribution in [2.75, 3.05) is 0 Å². The Balaban J connectivity index is 2.15. The summed E-state index contributed by atoms with van der Waals surface area (Å²) in [6, 6.07) is 13.3. The van der Waals surface area contributed by atoms with Crippen molar-refractivity contribution in [3.63, 3.8) is 0 Å². The molecular weight excluding hydrogens is 423 g/mol. The fraction of sp³-hybridized carbons (Fsp3) is 0.207. The standard InChI is InChI=1S/C29H35FN4/c1-8-25-9-12-27(13-10-25)23(6)34-24(7)29(33-21(4)17-31)16-19(2)22(5)32-18-26-11-14-28(30)20(3)15-26/h8-17,23,32,34H,1,5,7,18,31H2,2-4,6H3/b19-16+,21-17+,33-29-/t23-/m0/s1. The summed E-state index contributed by atoms with van der Waals surface area (Å²) in [7, 11) is 0. The fourth-order valence-electron chi connectivity index (χ4n) is 3.21. The van der Waals surface area contributed by atoms with E-state index in [1.165, 1.54) is 12.3 Å². The van der Waals surface area contributed by atoms with E-state index in [9.17, 15) is 4.39 Å². The largest absolute Gasteiger partial charge is 0.403 e. The highest BCUT2D eigenvalue weighted by Crippen LogP contribution is 2.17. The first kappa shape index (κ1) is 26.4. The van der Waals surface area contributed by atoms with Crippen LogP contribution in [0.2, 0.25) is 0 Å². The highest BCUT2D eigenvalue weighted by Gasteiger charge is 2.11. The average molecular weight is 459 g/mol. The molecular formula is C29H35FN4. The molecule has 0 bridgehead atoms. The SMILES string of the molecule is C=Cc1ccc([C@H](C)NC(=C)C(/C=C(\C)C(=C)NCc2ccc(F)c(C)c2)=N\C(C)=C\N)cc1. The van der Waals surface area contributed by atoms with Crippen molar-refractivity contribution in [1.82, 2.24) is 10.6 Å². The van der Waals surface area contributed by atoms with Crippen molar-refractivity contribution >= 4 is 11.8 Å². The molecule has 2 aromatic carbocycles. The van der Waals surface area contributed by atoms with Crippen molar-refractivity contribution in [3.05, 3.63) is 125 Å². The number of allylic oxidation sites excluding steroid dienone is 3. The summed E-state index contributed by atoms with van der Waals surface area (Å²) in [5, 5.41) is 6.72. The quantitative estimate of drug-likeness (QED) is 0.268. The van der Waals surface area contributed by atoms with Gasteiger partial charge in [-0.2, -0.15) is 0 Å². The predicted octanol–water partition coefficient (Wildman–Crippen LogP) is 6.45. The molecule has 4 nitrogen and oxygen atoms in total. The molecule has 0 unspecified atom stereocenters. The molecule has 0 saturated carbocycles. The van der Waals surface area contributed by atoms with Crippen molar-refractivity contribution in [2.24, 2.45) is 10.7 Å². The van der Waals surface area contributed by atoms with E-state index in [0.29, 0.717) is 29.2 Å². The third-order valence-corrected chi connectivity index (χ3v) is 5.47. The number of rotatable bonds is 11. The summed E-state index contributed by atoms with van der Waals surface area (Å²) in [4.78, 5) is 4.62. The summed E-state index contributed by atoms with van der Waals surface area (Å²) in [5.74, 6) is -0.209. The molecule has 34 heavy (non-hydrogen) atoms. The molecule has 0 amide bonds. The molecule has 0 heterocycles. The number of nitrogens with two attached hydrogens (primary N) is 1. The van der Waals surface area contributed by atoms with Gasteiger partial charge in [-0.1, -0.05) is 62.2 Å². The molecule has 5 heteroatoms. The maximum absolute atomic E-state index is 13.5. The van der Waals surface area contributed by atoms with Gasteiger partial charge in [0.1, 0.15) is 5.82 Å². The maximum atomic E-state index is 13.5. The predicted molar refractivity (Wildman–Crippen MR) is 143 cm³/mol. The van der Waals surface area contributed by atoms with Crippen LogP contribution in [0.4, 0.5) is 4.39 Å². The molecule has 0 aliphatic carbocycles. The topological polar surface area (TPSA) is 62.4 Å². The number of benzene rings is 2. The van der Waals surface area contributed by atoms with Gasteiger partial charge in [-0.3, -0.25) is 4.99 Å². The van der Waals surface area contributed by atoms with Gasteiger partial charge in [-0.25, -0.2) is 4.39 Å². The van der Waals surface area contributed by atoms with E-state index in [1.54, 1.807) is 13.0 Å². The normalized spacial score (nSPS) is 13.3. The lowest BCUT2D eigenvalue weighted by atomic mass is 10.0. The van der Waals surface area contributed by atoms with Crippen LogP contribution in [0.5, 0.6) is 0 Å². The molecule has 0 aliphatic heterocycles. The number of aliphatic imine (C=N–C) groups is 1. The van der Waals surface area contributed by atoms with Gasteiger partial charge in [0, 0.05) is 24.5 Å². The van der Waals surface area contributed by atoms with Crippen molar-refractivity contribution in [1.29, 1.82) is 0 Å². The lowest BCUT2D eigenvalue weighted by Crippen LogP contribution is -2.23. The maximum Gasteiger partial charge on any atom is 0.126 e. The smallest absolute Gasteiger partial charge is 0.126 e. The first-order valence-corrected chi connectivity index (χ1v) is 11.2. The molecule has 0 saturated heterocycles. The van der Waals surface area contributed by atoms with Crippen LogP contribution < -0.4 is 16.4 Å². The van der Waals surface area contributed by atoms with Crippen LogP contribution in [-0.4, -0.2) is 5.71 Å². The Labute approximate surface area is 203 Å². The second-order valence-electron chi connectivity index (χ2n) is 8.26. The fourth-order valence-corrected chi connectivity index (χ4v) is 3.21. The molecule has 0 spiro atoms. The van der Waals surface area contributed by atoms with Crippen LogP contribution in [0.25, 0.3) is 6.08 Å². The Kier molecular flexibility index (Phi) is 9.62. The lowest BCUT2D eigenvalue weighted by molar-refractivity contribution is 0.617. The van der Waals surface area contributed by atoms with Gasteiger partial charge in [0.15, 0.2) is 0 Å². The van der Waals surface area contributed by atoms with Crippen molar-refractivity contribution < 1.29 is 4.39 Å².